The second-order valence-corrected chi connectivity index (χ2v) is 5.39. The Morgan fingerprint density at radius 2 is 2.05 bits per heavy atom. The number of rotatable bonds is 5. The summed E-state index contributed by atoms with van der Waals surface area (Å²) in [7, 11) is 0. The highest BCUT2D eigenvalue weighted by Crippen LogP contribution is 2.19. The standard InChI is InChI=1S/C15H22N4O/c1-9(2)8-17-15(20)12(5)19-14-6-10(3)18-11(4)13(14)7-16/h6,9,12H,8H2,1-5H3,(H,17,20)(H,18,19). The molecule has 1 rings (SSSR count). The monoisotopic (exact) mass is 274 g/mol. The maximum absolute atomic E-state index is 11.9. The van der Waals surface area contributed by atoms with Gasteiger partial charge >= 0.3 is 0 Å². The minimum Gasteiger partial charge on any atom is -0.373 e. The third-order valence-electron chi connectivity index (χ3n) is 2.89. The molecule has 1 aromatic rings. The smallest absolute Gasteiger partial charge is 0.242 e. The fraction of sp³-hybridized carbons (Fsp3) is 0.533. The predicted octanol–water partition coefficient (Wildman–Crippen LogP) is 2.14. The molecule has 5 heteroatoms. The molecule has 1 aromatic heterocycles. The maximum atomic E-state index is 11.9. The molecule has 20 heavy (non-hydrogen) atoms. The first-order chi connectivity index (χ1) is 9.35. The molecule has 0 saturated carbocycles. The van der Waals surface area contributed by atoms with Crippen LogP contribution in [0.15, 0.2) is 6.07 Å². The largest absolute Gasteiger partial charge is 0.373 e. The number of nitrogens with one attached hydrogen (secondary N) is 2. The second kappa shape index (κ2) is 6.90. The quantitative estimate of drug-likeness (QED) is 0.862. The molecule has 1 amide bonds. The van der Waals surface area contributed by atoms with Gasteiger partial charge in [0, 0.05) is 12.2 Å². The first-order valence-electron chi connectivity index (χ1n) is 6.77. The maximum Gasteiger partial charge on any atom is 0.242 e. The Bertz CT molecular complexity index is 531. The number of aryl methyl sites for hydroxylation is 2. The number of carbonyl (C=O) groups is 1. The molecule has 108 valence electrons. The molecule has 0 radical (unpaired) electrons. The second-order valence-electron chi connectivity index (χ2n) is 5.39. The number of nitrogens with zero attached hydrogens (tertiary/aromatic N) is 2. The fourth-order valence-electron chi connectivity index (χ4n) is 1.84. The highest BCUT2D eigenvalue weighted by Gasteiger charge is 2.16. The minimum absolute atomic E-state index is 0.0743. The van der Waals surface area contributed by atoms with E-state index in [1.54, 1.807) is 19.9 Å². The third-order valence-corrected chi connectivity index (χ3v) is 2.89. The van der Waals surface area contributed by atoms with E-state index in [4.69, 9.17) is 0 Å². The Morgan fingerprint density at radius 3 is 2.60 bits per heavy atom. The van der Waals surface area contributed by atoms with Crippen molar-refractivity contribution in [3.63, 3.8) is 0 Å². The lowest BCUT2D eigenvalue weighted by Crippen LogP contribution is -2.39. The van der Waals surface area contributed by atoms with E-state index in [-0.39, 0.29) is 5.91 Å². The molecule has 0 fully saturated rings. The molecule has 0 aromatic carbocycles. The Hall–Kier alpha value is -2.09. The van der Waals surface area contributed by atoms with Crippen LogP contribution < -0.4 is 10.6 Å². The van der Waals surface area contributed by atoms with Crippen LogP contribution in [0.5, 0.6) is 0 Å². The summed E-state index contributed by atoms with van der Waals surface area (Å²) < 4.78 is 0. The molecule has 5 nitrogen and oxygen atoms in total. The summed E-state index contributed by atoms with van der Waals surface area (Å²) in [5.41, 5.74) is 2.63. The van der Waals surface area contributed by atoms with Crippen LogP contribution in [0.4, 0.5) is 5.69 Å². The van der Waals surface area contributed by atoms with Gasteiger partial charge in [-0.1, -0.05) is 13.8 Å². The summed E-state index contributed by atoms with van der Waals surface area (Å²) in [6, 6.07) is 3.52. The summed E-state index contributed by atoms with van der Waals surface area (Å²) in [5.74, 6) is 0.334. The van der Waals surface area contributed by atoms with Crippen LogP contribution in [0.25, 0.3) is 0 Å². The molecule has 1 atom stereocenters. The van der Waals surface area contributed by atoms with Gasteiger partial charge in [0.2, 0.25) is 5.91 Å². The lowest BCUT2D eigenvalue weighted by atomic mass is 10.1. The molecule has 0 bridgehead atoms. The van der Waals surface area contributed by atoms with Crippen molar-refractivity contribution < 1.29 is 4.79 Å². The van der Waals surface area contributed by atoms with Crippen LogP contribution >= 0.6 is 0 Å². The number of hydrogen-bond donors (Lipinski definition) is 2. The molecule has 1 unspecified atom stereocenters. The highest BCUT2D eigenvalue weighted by molar-refractivity contribution is 5.84. The van der Waals surface area contributed by atoms with Gasteiger partial charge in [-0.15, -0.1) is 0 Å². The summed E-state index contributed by atoms with van der Waals surface area (Å²) >= 11 is 0. The van der Waals surface area contributed by atoms with Crippen molar-refractivity contribution in [1.29, 1.82) is 5.26 Å². The average molecular weight is 274 g/mol. The molecular weight excluding hydrogens is 252 g/mol. The van der Waals surface area contributed by atoms with E-state index in [0.29, 0.717) is 29.4 Å². The van der Waals surface area contributed by atoms with E-state index >= 15 is 0 Å². The normalized spacial score (nSPS) is 11.8. The van der Waals surface area contributed by atoms with Crippen molar-refractivity contribution in [2.24, 2.45) is 5.92 Å². The molecule has 0 aliphatic carbocycles. The topological polar surface area (TPSA) is 77.8 Å². The van der Waals surface area contributed by atoms with Crippen LogP contribution in [-0.2, 0) is 4.79 Å². The van der Waals surface area contributed by atoms with E-state index in [1.807, 2.05) is 20.8 Å². The van der Waals surface area contributed by atoms with Gasteiger partial charge in [0.15, 0.2) is 0 Å². The van der Waals surface area contributed by atoms with Gasteiger partial charge in [0.25, 0.3) is 0 Å². The van der Waals surface area contributed by atoms with Gasteiger partial charge in [0.1, 0.15) is 12.1 Å². The van der Waals surface area contributed by atoms with E-state index in [1.165, 1.54) is 0 Å². The lowest BCUT2D eigenvalue weighted by Gasteiger charge is -2.18. The lowest BCUT2D eigenvalue weighted by molar-refractivity contribution is -0.121. The van der Waals surface area contributed by atoms with Crippen molar-refractivity contribution in [2.45, 2.75) is 40.7 Å². The minimum atomic E-state index is -0.401. The number of carbonyl (C=O) groups excluding carboxylic acids is 1. The van der Waals surface area contributed by atoms with Crippen LogP contribution in [0.2, 0.25) is 0 Å². The Kier molecular flexibility index (Phi) is 5.51. The molecule has 0 aliphatic heterocycles. The van der Waals surface area contributed by atoms with Crippen molar-refractivity contribution in [3.05, 3.63) is 23.0 Å². The van der Waals surface area contributed by atoms with Crippen LogP contribution in [0, 0.1) is 31.1 Å². The zero-order valence-electron chi connectivity index (χ0n) is 12.7. The Balaban J connectivity index is 2.83. The molecule has 1 heterocycles. The van der Waals surface area contributed by atoms with Gasteiger partial charge in [0.05, 0.1) is 16.9 Å². The summed E-state index contributed by atoms with van der Waals surface area (Å²) in [4.78, 5) is 16.2. The van der Waals surface area contributed by atoms with Gasteiger partial charge in [-0.2, -0.15) is 5.26 Å². The zero-order valence-corrected chi connectivity index (χ0v) is 12.7. The molecule has 2 N–H and O–H groups in total. The number of nitriles is 1. The predicted molar refractivity (Wildman–Crippen MR) is 79.4 cm³/mol. The molecular formula is C15H22N4O. The highest BCUT2D eigenvalue weighted by atomic mass is 16.2. The fourth-order valence-corrected chi connectivity index (χ4v) is 1.84. The number of amides is 1. The van der Waals surface area contributed by atoms with Gasteiger partial charge in [-0.25, -0.2) is 0 Å². The Morgan fingerprint density at radius 1 is 1.40 bits per heavy atom. The van der Waals surface area contributed by atoms with Gasteiger partial charge in [-0.05, 0) is 32.8 Å². The molecule has 0 spiro atoms. The van der Waals surface area contributed by atoms with E-state index in [2.05, 4.69) is 21.7 Å². The number of aromatic nitrogens is 1. The van der Waals surface area contributed by atoms with Gasteiger partial charge < -0.3 is 10.6 Å². The first-order valence-corrected chi connectivity index (χ1v) is 6.77. The van der Waals surface area contributed by atoms with E-state index < -0.39 is 6.04 Å². The Labute approximate surface area is 120 Å². The van der Waals surface area contributed by atoms with Crippen LogP contribution in [0.1, 0.15) is 37.7 Å². The van der Waals surface area contributed by atoms with Crippen molar-refractivity contribution in [2.75, 3.05) is 11.9 Å². The van der Waals surface area contributed by atoms with Crippen molar-refractivity contribution >= 4 is 11.6 Å². The van der Waals surface area contributed by atoms with Gasteiger partial charge in [-0.3, -0.25) is 9.78 Å². The number of pyridine rings is 1. The summed E-state index contributed by atoms with van der Waals surface area (Å²) in [6.45, 7) is 10.2. The molecule has 0 saturated heterocycles. The van der Waals surface area contributed by atoms with Crippen LogP contribution in [-0.4, -0.2) is 23.5 Å². The van der Waals surface area contributed by atoms with Crippen molar-refractivity contribution in [3.8, 4) is 6.07 Å². The zero-order chi connectivity index (χ0) is 15.3. The number of hydrogen-bond acceptors (Lipinski definition) is 4. The van der Waals surface area contributed by atoms with Crippen molar-refractivity contribution in [1.82, 2.24) is 10.3 Å². The van der Waals surface area contributed by atoms with Crippen LogP contribution in [0.3, 0.4) is 0 Å². The first kappa shape index (κ1) is 16.0. The van der Waals surface area contributed by atoms with E-state index in [0.717, 1.165) is 5.69 Å². The number of anilines is 1. The average Bonchev–Trinajstić information content (AvgIpc) is 2.35. The molecule has 0 aliphatic rings. The van der Waals surface area contributed by atoms with E-state index in [9.17, 15) is 10.1 Å². The summed E-state index contributed by atoms with van der Waals surface area (Å²) in [5, 5.41) is 15.1. The summed E-state index contributed by atoms with van der Waals surface area (Å²) in [6.07, 6.45) is 0. The SMILES string of the molecule is Cc1cc(NC(C)C(=O)NCC(C)C)c(C#N)c(C)n1. The third kappa shape index (κ3) is 4.23.